The van der Waals surface area contributed by atoms with Gasteiger partial charge in [-0.15, -0.1) is 0 Å². The van der Waals surface area contributed by atoms with Crippen molar-refractivity contribution in [3.63, 3.8) is 0 Å². The summed E-state index contributed by atoms with van der Waals surface area (Å²) in [7, 11) is 0. The number of fused-ring (bicyclic) bond motifs is 7. The van der Waals surface area contributed by atoms with Gasteiger partial charge in [0, 0.05) is 38.2 Å². The molecule has 0 radical (unpaired) electrons. The van der Waals surface area contributed by atoms with Gasteiger partial charge in [0.2, 0.25) is 0 Å². The van der Waals surface area contributed by atoms with E-state index in [1.54, 1.807) is 0 Å². The average molecular weight is 844 g/mol. The van der Waals surface area contributed by atoms with Crippen molar-refractivity contribution >= 4 is 54.6 Å². The maximum absolute atomic E-state index is 7.01. The van der Waals surface area contributed by atoms with E-state index in [-0.39, 0.29) is 0 Å². The van der Waals surface area contributed by atoms with E-state index in [0.29, 0.717) is 17.5 Å². The minimum Gasteiger partial charge on any atom is -0.455 e. The van der Waals surface area contributed by atoms with Crippen LogP contribution in [0.1, 0.15) is 0 Å². The lowest BCUT2D eigenvalue weighted by Gasteiger charge is -2.12. The number of nitrogens with zero attached hydrogens (tertiary/aromatic N) is 3. The van der Waals surface area contributed by atoms with Crippen LogP contribution in [0.5, 0.6) is 0 Å². The van der Waals surface area contributed by atoms with Gasteiger partial charge in [0.25, 0.3) is 0 Å². The van der Waals surface area contributed by atoms with Crippen LogP contribution in [0.2, 0.25) is 0 Å². The quantitative estimate of drug-likeness (QED) is 0.160. The van der Waals surface area contributed by atoms with Crippen molar-refractivity contribution in [2.45, 2.75) is 0 Å². The number of hydrogen-bond donors (Lipinski definition) is 0. The predicted molar refractivity (Wildman–Crippen MR) is 270 cm³/mol. The second-order valence-electron chi connectivity index (χ2n) is 16.7. The molecule has 0 aliphatic heterocycles. The SMILES string of the molecule is c1ccc(-c2ccc(-c3cccc(-c4ccc(-c5nc(-c6ccc(-c7ccccc7)cc6)nc(-c6cccc7c6oc6ccccc67)n5)c5c4oc4cc6ccccc6cc45)c3)cc2)cc1. The molecule has 13 rings (SSSR count). The topological polar surface area (TPSA) is 65.0 Å². The number of aromatic nitrogens is 3. The van der Waals surface area contributed by atoms with Crippen LogP contribution in [0, 0.1) is 0 Å². The van der Waals surface area contributed by atoms with Gasteiger partial charge < -0.3 is 8.83 Å². The molecule has 10 aromatic carbocycles. The van der Waals surface area contributed by atoms with Crippen molar-refractivity contribution in [1.29, 1.82) is 0 Å². The monoisotopic (exact) mass is 843 g/mol. The van der Waals surface area contributed by atoms with E-state index in [9.17, 15) is 0 Å². The molecule has 0 aliphatic rings. The van der Waals surface area contributed by atoms with Crippen LogP contribution in [0.25, 0.3) is 133 Å². The number of para-hydroxylation sites is 2. The molecule has 5 heteroatoms. The first-order valence-electron chi connectivity index (χ1n) is 22.2. The van der Waals surface area contributed by atoms with Gasteiger partial charge in [-0.3, -0.25) is 0 Å². The zero-order valence-electron chi connectivity index (χ0n) is 35.5. The molecule has 3 aromatic heterocycles. The zero-order valence-corrected chi connectivity index (χ0v) is 35.5. The van der Waals surface area contributed by atoms with Crippen LogP contribution in [0.4, 0.5) is 0 Å². The minimum absolute atomic E-state index is 0.522. The van der Waals surface area contributed by atoms with E-state index in [0.717, 1.165) is 105 Å². The van der Waals surface area contributed by atoms with Crippen molar-refractivity contribution in [3.8, 4) is 78.7 Å². The summed E-state index contributed by atoms with van der Waals surface area (Å²) in [4.78, 5) is 15.9. The van der Waals surface area contributed by atoms with Crippen LogP contribution in [0.15, 0.2) is 233 Å². The molecule has 0 saturated carbocycles. The summed E-state index contributed by atoms with van der Waals surface area (Å²) in [5.74, 6) is 1.62. The Kier molecular flexibility index (Phi) is 8.78. The molecule has 5 nitrogen and oxygen atoms in total. The van der Waals surface area contributed by atoms with E-state index >= 15 is 0 Å². The molecule has 66 heavy (non-hydrogen) atoms. The van der Waals surface area contributed by atoms with Crippen molar-refractivity contribution in [3.05, 3.63) is 224 Å². The standard InChI is InChI=1S/C61H37N3O2/c1-3-13-38(14-4-1)40-25-27-42(28-26-40)44-19-11-20-47(35-44)48-33-34-51(56-53-36-45-17-7-8-18-46(45)37-55(53)66-58(48)56)60-62-59(43-31-29-41(30-32-43)39-15-5-2-6-16-39)63-61(64-60)52-23-12-22-50-49-21-9-10-24-54(49)65-57(50)52/h1-37H. The average Bonchev–Trinajstić information content (AvgIpc) is 3.97. The second kappa shape index (κ2) is 15.4. The molecule has 0 bridgehead atoms. The molecule has 3 heterocycles. The Morgan fingerprint density at radius 1 is 0.258 bits per heavy atom. The molecule has 0 unspecified atom stereocenters. The first kappa shape index (κ1) is 37.6. The highest BCUT2D eigenvalue weighted by atomic mass is 16.3. The smallest absolute Gasteiger partial charge is 0.167 e. The van der Waals surface area contributed by atoms with Crippen LogP contribution < -0.4 is 0 Å². The summed E-state index contributed by atoms with van der Waals surface area (Å²) in [6, 6.07) is 78.2. The third-order valence-corrected chi connectivity index (χ3v) is 12.8. The zero-order chi connectivity index (χ0) is 43.6. The maximum atomic E-state index is 7.01. The lowest BCUT2D eigenvalue weighted by atomic mass is 9.94. The largest absolute Gasteiger partial charge is 0.455 e. The Balaban J connectivity index is 1.02. The summed E-state index contributed by atoms with van der Waals surface area (Å²) in [5, 5.41) is 6.21. The second-order valence-corrected chi connectivity index (χ2v) is 16.7. The molecular weight excluding hydrogens is 807 g/mol. The van der Waals surface area contributed by atoms with Crippen molar-refractivity contribution in [2.24, 2.45) is 0 Å². The first-order chi connectivity index (χ1) is 32.7. The summed E-state index contributed by atoms with van der Waals surface area (Å²) >= 11 is 0. The lowest BCUT2D eigenvalue weighted by molar-refractivity contribution is 0.669. The number of benzene rings is 10. The summed E-state index contributed by atoms with van der Waals surface area (Å²) < 4.78 is 13.6. The van der Waals surface area contributed by atoms with Crippen LogP contribution in [-0.4, -0.2) is 15.0 Å². The van der Waals surface area contributed by atoms with Gasteiger partial charge in [0.1, 0.15) is 22.3 Å². The minimum atomic E-state index is 0.522. The third-order valence-electron chi connectivity index (χ3n) is 12.8. The van der Waals surface area contributed by atoms with Gasteiger partial charge in [-0.25, -0.2) is 15.0 Å². The predicted octanol–water partition coefficient (Wildman–Crippen LogP) is 16.5. The van der Waals surface area contributed by atoms with Gasteiger partial charge in [0.15, 0.2) is 17.5 Å². The highest BCUT2D eigenvalue weighted by molar-refractivity contribution is 6.18. The molecule has 0 fully saturated rings. The molecule has 0 amide bonds. The number of hydrogen-bond acceptors (Lipinski definition) is 5. The molecule has 0 aliphatic carbocycles. The van der Waals surface area contributed by atoms with E-state index in [1.807, 2.05) is 42.5 Å². The van der Waals surface area contributed by atoms with Crippen molar-refractivity contribution in [1.82, 2.24) is 15.0 Å². The van der Waals surface area contributed by atoms with E-state index in [2.05, 4.69) is 182 Å². The molecule has 0 spiro atoms. The lowest BCUT2D eigenvalue weighted by Crippen LogP contribution is -2.01. The Hall–Kier alpha value is -8.93. The van der Waals surface area contributed by atoms with Crippen molar-refractivity contribution in [2.75, 3.05) is 0 Å². The van der Waals surface area contributed by atoms with Gasteiger partial charge in [-0.1, -0.05) is 182 Å². The van der Waals surface area contributed by atoms with E-state index in [4.69, 9.17) is 23.8 Å². The fourth-order valence-electron chi connectivity index (χ4n) is 9.44. The maximum Gasteiger partial charge on any atom is 0.167 e. The fourth-order valence-corrected chi connectivity index (χ4v) is 9.44. The first-order valence-corrected chi connectivity index (χ1v) is 22.2. The molecule has 0 atom stereocenters. The van der Waals surface area contributed by atoms with Crippen LogP contribution >= 0.6 is 0 Å². The Morgan fingerprint density at radius 2 is 0.758 bits per heavy atom. The molecule has 0 N–H and O–H groups in total. The molecule has 13 aromatic rings. The van der Waals surface area contributed by atoms with Gasteiger partial charge in [-0.2, -0.15) is 0 Å². The highest BCUT2D eigenvalue weighted by Crippen LogP contribution is 2.44. The summed E-state index contributed by atoms with van der Waals surface area (Å²) in [6.45, 7) is 0. The molecular formula is C61H37N3O2. The van der Waals surface area contributed by atoms with E-state index in [1.165, 1.54) is 11.1 Å². The van der Waals surface area contributed by atoms with Gasteiger partial charge >= 0.3 is 0 Å². The Morgan fingerprint density at radius 3 is 1.48 bits per heavy atom. The number of rotatable bonds is 7. The molecule has 0 saturated heterocycles. The molecule has 308 valence electrons. The van der Waals surface area contributed by atoms with Gasteiger partial charge in [-0.05, 0) is 92.2 Å². The Labute approximate surface area is 379 Å². The highest BCUT2D eigenvalue weighted by Gasteiger charge is 2.23. The van der Waals surface area contributed by atoms with Crippen molar-refractivity contribution < 1.29 is 8.83 Å². The fraction of sp³-hybridized carbons (Fsp3) is 0. The third kappa shape index (κ3) is 6.44. The summed E-state index contributed by atoms with van der Waals surface area (Å²) in [6.07, 6.45) is 0. The van der Waals surface area contributed by atoms with E-state index < -0.39 is 0 Å². The normalized spacial score (nSPS) is 11.6. The number of furan rings is 2. The Bertz CT molecular complexity index is 3970. The van der Waals surface area contributed by atoms with Crippen LogP contribution in [-0.2, 0) is 0 Å². The van der Waals surface area contributed by atoms with Crippen LogP contribution in [0.3, 0.4) is 0 Å². The summed E-state index contributed by atoms with van der Waals surface area (Å²) in [5.41, 5.74) is 14.6. The van der Waals surface area contributed by atoms with Gasteiger partial charge in [0.05, 0.1) is 5.56 Å².